The lowest BCUT2D eigenvalue weighted by molar-refractivity contribution is -0.253. The van der Waals surface area contributed by atoms with E-state index in [0.717, 1.165) is 29.8 Å². The number of anilines is 1. The van der Waals surface area contributed by atoms with Gasteiger partial charge in [0.1, 0.15) is 5.75 Å². The van der Waals surface area contributed by atoms with E-state index < -0.39 is 28.3 Å². The maximum absolute atomic E-state index is 12.8. The molecule has 0 amide bonds. The Balaban J connectivity index is 2.12. The molecular weight excluding hydrogens is 350 g/mol. The van der Waals surface area contributed by atoms with Crippen molar-refractivity contribution in [3.63, 3.8) is 0 Å². The van der Waals surface area contributed by atoms with E-state index in [-0.39, 0.29) is 10.6 Å². The van der Waals surface area contributed by atoms with Gasteiger partial charge in [0.2, 0.25) is 0 Å². The van der Waals surface area contributed by atoms with Crippen LogP contribution < -0.4 is 9.46 Å². The lowest BCUT2D eigenvalue weighted by Crippen LogP contribution is -2.33. The summed E-state index contributed by atoms with van der Waals surface area (Å²) in [5.74, 6) is -0.515. The van der Waals surface area contributed by atoms with Gasteiger partial charge in [0.25, 0.3) is 10.0 Å². The molecule has 9 heteroatoms. The van der Waals surface area contributed by atoms with Gasteiger partial charge in [0.15, 0.2) is 0 Å². The second kappa shape index (κ2) is 6.68. The van der Waals surface area contributed by atoms with Crippen molar-refractivity contribution in [1.82, 2.24) is 0 Å². The van der Waals surface area contributed by atoms with Crippen molar-refractivity contribution in [3.8, 4) is 5.75 Å². The molecule has 0 aliphatic heterocycles. The van der Waals surface area contributed by atoms with E-state index in [9.17, 15) is 26.0 Å². The maximum atomic E-state index is 12.8. The second-order valence-electron chi connectivity index (χ2n) is 4.91. The number of sulfonamides is 1. The van der Waals surface area contributed by atoms with E-state index in [1.54, 1.807) is 19.1 Å². The molecular formula is C15H13F4NO3S. The van der Waals surface area contributed by atoms with Gasteiger partial charge in [-0.05, 0) is 43.3 Å². The Bertz CT molecular complexity index is 790. The molecule has 0 saturated carbocycles. The molecule has 24 heavy (non-hydrogen) atoms. The predicted molar refractivity (Wildman–Crippen MR) is 80.0 cm³/mol. The highest BCUT2D eigenvalue weighted by atomic mass is 32.2. The van der Waals surface area contributed by atoms with Crippen LogP contribution in [0.25, 0.3) is 0 Å². The van der Waals surface area contributed by atoms with Crippen LogP contribution in [-0.2, 0) is 10.0 Å². The molecule has 0 aliphatic carbocycles. The van der Waals surface area contributed by atoms with Crippen molar-refractivity contribution in [2.24, 2.45) is 0 Å². The van der Waals surface area contributed by atoms with Crippen molar-refractivity contribution < 1.29 is 30.7 Å². The Hall–Kier alpha value is -2.29. The quantitative estimate of drug-likeness (QED) is 0.789. The predicted octanol–water partition coefficient (Wildman–Crippen LogP) is 4.03. The zero-order valence-corrected chi connectivity index (χ0v) is 13.2. The number of alkyl halides is 4. The Morgan fingerprint density at radius 3 is 2.04 bits per heavy atom. The average Bonchev–Trinajstić information content (AvgIpc) is 2.49. The number of aryl methyl sites for hydroxylation is 1. The van der Waals surface area contributed by atoms with Crippen molar-refractivity contribution in [2.45, 2.75) is 24.4 Å². The van der Waals surface area contributed by atoms with Gasteiger partial charge < -0.3 is 4.74 Å². The monoisotopic (exact) mass is 363 g/mol. The van der Waals surface area contributed by atoms with Crippen LogP contribution >= 0.6 is 0 Å². The molecule has 0 spiro atoms. The molecule has 0 aliphatic rings. The molecule has 0 aromatic heterocycles. The summed E-state index contributed by atoms with van der Waals surface area (Å²) >= 11 is 0. The first-order valence-electron chi connectivity index (χ1n) is 6.65. The average molecular weight is 363 g/mol. The minimum Gasteiger partial charge on any atom is -0.428 e. The molecule has 1 N–H and O–H groups in total. The summed E-state index contributed by atoms with van der Waals surface area (Å²) in [4.78, 5) is 0.0256. The lowest BCUT2D eigenvalue weighted by Gasteiger charge is -2.17. The van der Waals surface area contributed by atoms with Gasteiger partial charge in [0, 0.05) is 5.69 Å². The molecule has 0 unspecified atom stereocenters. The molecule has 130 valence electrons. The second-order valence-corrected chi connectivity index (χ2v) is 6.59. The van der Waals surface area contributed by atoms with Crippen molar-refractivity contribution >= 4 is 15.7 Å². The molecule has 0 bridgehead atoms. The van der Waals surface area contributed by atoms with Gasteiger partial charge >= 0.3 is 12.5 Å². The van der Waals surface area contributed by atoms with Crippen LogP contribution in [0.4, 0.5) is 23.2 Å². The van der Waals surface area contributed by atoms with Crippen LogP contribution in [-0.4, -0.2) is 21.0 Å². The molecule has 0 heterocycles. The van der Waals surface area contributed by atoms with Gasteiger partial charge in [-0.15, -0.1) is 0 Å². The molecule has 0 saturated heterocycles. The minimum absolute atomic E-state index is 0.0256. The van der Waals surface area contributed by atoms with E-state index in [4.69, 9.17) is 0 Å². The van der Waals surface area contributed by atoms with Crippen LogP contribution in [0.5, 0.6) is 5.75 Å². The molecule has 2 aromatic carbocycles. The third-order valence-corrected chi connectivity index (χ3v) is 4.34. The number of rotatable bonds is 6. The van der Waals surface area contributed by atoms with Gasteiger partial charge in [-0.25, -0.2) is 8.42 Å². The third-order valence-electron chi connectivity index (χ3n) is 2.95. The Labute approximate surface area is 136 Å². The van der Waals surface area contributed by atoms with E-state index >= 15 is 0 Å². The summed E-state index contributed by atoms with van der Waals surface area (Å²) < 4.78 is 80.1. The summed E-state index contributed by atoms with van der Waals surface area (Å²) in [6, 6.07) is 10.3. The highest BCUT2D eigenvalue weighted by Gasteiger charge is 2.43. The number of hydrogen-bond donors (Lipinski definition) is 1. The number of halogens is 4. The molecule has 4 nitrogen and oxygen atoms in total. The topological polar surface area (TPSA) is 55.4 Å². The summed E-state index contributed by atoms with van der Waals surface area (Å²) in [6.07, 6.45) is -8.60. The molecule has 0 atom stereocenters. The summed E-state index contributed by atoms with van der Waals surface area (Å²) in [7, 11) is -3.85. The molecule has 0 fully saturated rings. The maximum Gasteiger partial charge on any atom is 0.461 e. The highest BCUT2D eigenvalue weighted by molar-refractivity contribution is 7.92. The first-order valence-corrected chi connectivity index (χ1v) is 8.13. The van der Waals surface area contributed by atoms with E-state index in [0.29, 0.717) is 0 Å². The largest absolute Gasteiger partial charge is 0.461 e. The first kappa shape index (κ1) is 18.1. The van der Waals surface area contributed by atoms with Gasteiger partial charge in [0.05, 0.1) is 4.90 Å². The summed E-state index contributed by atoms with van der Waals surface area (Å²) in [6.45, 7) is 1.80. The minimum atomic E-state index is -4.62. The SMILES string of the molecule is Cc1ccc(S(=O)(=O)Nc2ccc(OC(F)(F)C(F)F)cc2)cc1. The van der Waals surface area contributed by atoms with Gasteiger partial charge in [-0.3, -0.25) is 4.72 Å². The van der Waals surface area contributed by atoms with E-state index in [1.165, 1.54) is 12.1 Å². The summed E-state index contributed by atoms with van der Waals surface area (Å²) in [5, 5.41) is 0. The van der Waals surface area contributed by atoms with Crippen LogP contribution in [0.2, 0.25) is 0 Å². The van der Waals surface area contributed by atoms with Gasteiger partial charge in [-0.2, -0.15) is 17.6 Å². The van der Waals surface area contributed by atoms with Gasteiger partial charge in [-0.1, -0.05) is 17.7 Å². The highest BCUT2D eigenvalue weighted by Crippen LogP contribution is 2.28. The zero-order valence-electron chi connectivity index (χ0n) is 12.3. The van der Waals surface area contributed by atoms with Crippen molar-refractivity contribution in [2.75, 3.05) is 4.72 Å². The van der Waals surface area contributed by atoms with Crippen LogP contribution in [0.3, 0.4) is 0 Å². The first-order chi connectivity index (χ1) is 11.1. The van der Waals surface area contributed by atoms with Crippen molar-refractivity contribution in [3.05, 3.63) is 54.1 Å². The Morgan fingerprint density at radius 2 is 1.54 bits per heavy atom. The number of hydrogen-bond acceptors (Lipinski definition) is 3. The standard InChI is InChI=1S/C15H13F4NO3S/c1-10-2-8-13(9-3-10)24(21,22)20-11-4-6-12(7-5-11)23-15(18,19)14(16)17/h2-9,14,20H,1H3. The fourth-order valence-corrected chi connectivity index (χ4v) is 2.78. The Morgan fingerprint density at radius 1 is 1.00 bits per heavy atom. The zero-order chi connectivity index (χ0) is 18.0. The normalized spacial score (nSPS) is 12.2. The van der Waals surface area contributed by atoms with E-state index in [2.05, 4.69) is 9.46 Å². The smallest absolute Gasteiger partial charge is 0.428 e. The van der Waals surface area contributed by atoms with Crippen molar-refractivity contribution in [1.29, 1.82) is 0 Å². The lowest BCUT2D eigenvalue weighted by atomic mass is 10.2. The van der Waals surface area contributed by atoms with Crippen LogP contribution in [0, 0.1) is 6.92 Å². The number of nitrogens with one attached hydrogen (secondary N) is 1. The summed E-state index contributed by atoms with van der Waals surface area (Å²) in [5.41, 5.74) is 0.957. The number of ether oxygens (including phenoxy) is 1. The van der Waals surface area contributed by atoms with Crippen LogP contribution in [0.15, 0.2) is 53.4 Å². The van der Waals surface area contributed by atoms with Crippen LogP contribution in [0.1, 0.15) is 5.56 Å². The molecule has 2 aromatic rings. The van der Waals surface area contributed by atoms with E-state index in [1.807, 2.05) is 0 Å². The number of benzene rings is 2. The fraction of sp³-hybridized carbons (Fsp3) is 0.200. The molecule has 2 rings (SSSR count). The fourth-order valence-electron chi connectivity index (χ4n) is 1.72. The third kappa shape index (κ3) is 4.38. The molecule has 0 radical (unpaired) electrons. The Kier molecular flexibility index (Phi) is 5.02.